The zero-order valence-electron chi connectivity index (χ0n) is 26.1. The van der Waals surface area contributed by atoms with E-state index in [1.165, 1.54) is 4.90 Å². The first kappa shape index (κ1) is 32.8. The van der Waals surface area contributed by atoms with Crippen molar-refractivity contribution in [2.45, 2.75) is 57.3 Å². The summed E-state index contributed by atoms with van der Waals surface area (Å²) in [5.74, 6) is -0.128. The fourth-order valence-electron chi connectivity index (χ4n) is 5.76. The highest BCUT2D eigenvalue weighted by molar-refractivity contribution is 7.92. The number of ether oxygens (including phenoxy) is 1. The molecule has 0 aromatic heterocycles. The van der Waals surface area contributed by atoms with Crippen LogP contribution in [0.5, 0.6) is 5.75 Å². The maximum Gasteiger partial charge on any atom is 0.244 e. The fraction of sp³-hybridized carbons (Fsp3) is 0.297. The predicted octanol–water partition coefficient (Wildman–Crippen LogP) is 5.73. The van der Waals surface area contributed by atoms with Crippen molar-refractivity contribution >= 4 is 27.5 Å². The summed E-state index contributed by atoms with van der Waals surface area (Å²) in [5, 5.41) is 3.19. The maximum atomic E-state index is 14.3. The van der Waals surface area contributed by atoms with Crippen molar-refractivity contribution < 1.29 is 22.7 Å². The number of nitrogens with zero attached hydrogens (tertiary/aromatic N) is 2. The summed E-state index contributed by atoms with van der Waals surface area (Å²) in [7, 11) is -3.87. The van der Waals surface area contributed by atoms with Crippen LogP contribution in [0.15, 0.2) is 115 Å². The standard InChI is InChI=1S/C37H41N3O5S/c1-46(43,44)40(33-21-23-34(24-22-33)45-28-31-17-9-4-10-18-31)27-36(41)39(26-30-15-7-3-8-16-30)35(25-29-13-5-2-6-14-29)37(42)38-32-19-11-12-20-32/h2-10,13-18,21-24,32,35H,11-12,19-20,25-28H2,1H3,(H,38,42)/t35-/m1/s1. The van der Waals surface area contributed by atoms with E-state index in [1.807, 2.05) is 91.0 Å². The van der Waals surface area contributed by atoms with Gasteiger partial charge in [-0.1, -0.05) is 104 Å². The molecule has 5 rings (SSSR count). The quantitative estimate of drug-likeness (QED) is 0.190. The Labute approximate surface area is 272 Å². The molecule has 1 N–H and O–H groups in total. The Bertz CT molecular complexity index is 1660. The van der Waals surface area contributed by atoms with E-state index in [-0.39, 0.29) is 18.5 Å². The van der Waals surface area contributed by atoms with E-state index in [1.54, 1.807) is 24.3 Å². The predicted molar refractivity (Wildman–Crippen MR) is 181 cm³/mol. The van der Waals surface area contributed by atoms with Crippen LogP contribution < -0.4 is 14.4 Å². The van der Waals surface area contributed by atoms with Gasteiger partial charge in [-0.05, 0) is 53.8 Å². The number of hydrogen-bond donors (Lipinski definition) is 1. The fourth-order valence-corrected chi connectivity index (χ4v) is 6.61. The Morgan fingerprint density at radius 3 is 1.89 bits per heavy atom. The molecule has 1 aliphatic carbocycles. The van der Waals surface area contributed by atoms with Gasteiger partial charge in [0.05, 0.1) is 11.9 Å². The average molecular weight is 640 g/mol. The normalized spacial score (nSPS) is 13.9. The van der Waals surface area contributed by atoms with E-state index in [2.05, 4.69) is 5.32 Å². The summed E-state index contributed by atoms with van der Waals surface area (Å²) >= 11 is 0. The first-order chi connectivity index (χ1) is 22.3. The summed E-state index contributed by atoms with van der Waals surface area (Å²) in [6, 6.07) is 34.6. The van der Waals surface area contributed by atoms with Crippen molar-refractivity contribution in [3.05, 3.63) is 132 Å². The SMILES string of the molecule is CS(=O)(=O)N(CC(=O)N(Cc1ccccc1)[C@H](Cc1ccccc1)C(=O)NC1CCCC1)c1ccc(OCc2ccccc2)cc1. The Morgan fingerprint density at radius 1 is 0.783 bits per heavy atom. The zero-order chi connectivity index (χ0) is 32.4. The molecule has 0 radical (unpaired) electrons. The van der Waals surface area contributed by atoms with Gasteiger partial charge in [-0.15, -0.1) is 0 Å². The van der Waals surface area contributed by atoms with Crippen molar-refractivity contribution in [2.24, 2.45) is 0 Å². The first-order valence-corrected chi connectivity index (χ1v) is 17.5. The third-order valence-electron chi connectivity index (χ3n) is 8.22. The molecule has 240 valence electrons. The molecule has 0 saturated heterocycles. The number of anilines is 1. The number of amides is 2. The molecule has 2 amide bonds. The third-order valence-corrected chi connectivity index (χ3v) is 9.36. The van der Waals surface area contributed by atoms with Crippen LogP contribution in [0.4, 0.5) is 5.69 Å². The molecule has 1 atom stereocenters. The van der Waals surface area contributed by atoms with Crippen LogP contribution in [0.25, 0.3) is 0 Å². The van der Waals surface area contributed by atoms with Crippen LogP contribution in [-0.4, -0.2) is 50.0 Å². The minimum atomic E-state index is -3.87. The molecular weight excluding hydrogens is 598 g/mol. The lowest BCUT2D eigenvalue weighted by Gasteiger charge is -2.34. The zero-order valence-corrected chi connectivity index (χ0v) is 26.9. The topological polar surface area (TPSA) is 96.0 Å². The number of hydrogen-bond acceptors (Lipinski definition) is 5. The highest BCUT2D eigenvalue weighted by Crippen LogP contribution is 2.24. The van der Waals surface area contributed by atoms with Crippen molar-refractivity contribution in [1.82, 2.24) is 10.2 Å². The van der Waals surface area contributed by atoms with Gasteiger partial charge in [-0.2, -0.15) is 0 Å². The van der Waals surface area contributed by atoms with Crippen LogP contribution in [-0.2, 0) is 39.2 Å². The minimum absolute atomic E-state index is 0.0644. The number of sulfonamides is 1. The van der Waals surface area contributed by atoms with Gasteiger partial charge in [-0.3, -0.25) is 13.9 Å². The van der Waals surface area contributed by atoms with Gasteiger partial charge in [0.1, 0.15) is 24.9 Å². The van der Waals surface area contributed by atoms with Gasteiger partial charge < -0.3 is 15.0 Å². The molecule has 0 bridgehead atoms. The van der Waals surface area contributed by atoms with Crippen molar-refractivity contribution in [1.29, 1.82) is 0 Å². The van der Waals surface area contributed by atoms with Crippen LogP contribution in [0.1, 0.15) is 42.4 Å². The maximum absolute atomic E-state index is 14.3. The lowest BCUT2D eigenvalue weighted by atomic mass is 10.0. The summed E-state index contributed by atoms with van der Waals surface area (Å²) in [4.78, 5) is 29.8. The average Bonchev–Trinajstić information content (AvgIpc) is 3.58. The van der Waals surface area contributed by atoms with Crippen LogP contribution in [0.2, 0.25) is 0 Å². The third kappa shape index (κ3) is 9.20. The molecule has 46 heavy (non-hydrogen) atoms. The Kier molecular flexibility index (Phi) is 11.1. The van der Waals surface area contributed by atoms with Gasteiger partial charge in [0.25, 0.3) is 0 Å². The molecule has 4 aromatic rings. The molecule has 1 fully saturated rings. The molecule has 0 spiro atoms. The van der Waals surface area contributed by atoms with E-state index in [0.717, 1.165) is 52.9 Å². The Balaban J connectivity index is 1.41. The second kappa shape index (κ2) is 15.6. The monoisotopic (exact) mass is 639 g/mol. The van der Waals surface area contributed by atoms with Crippen molar-refractivity contribution in [3.8, 4) is 5.75 Å². The van der Waals surface area contributed by atoms with Crippen molar-refractivity contribution in [2.75, 3.05) is 17.1 Å². The number of carbonyl (C=O) groups is 2. The van der Waals surface area contributed by atoms with E-state index in [9.17, 15) is 18.0 Å². The summed E-state index contributed by atoms with van der Waals surface area (Å²) in [6.45, 7) is 0.0612. The number of nitrogens with one attached hydrogen (secondary N) is 1. The van der Waals surface area contributed by atoms with Crippen LogP contribution >= 0.6 is 0 Å². The van der Waals surface area contributed by atoms with Crippen molar-refractivity contribution in [3.63, 3.8) is 0 Å². The Morgan fingerprint density at radius 2 is 1.33 bits per heavy atom. The highest BCUT2D eigenvalue weighted by Gasteiger charge is 2.34. The molecule has 4 aromatic carbocycles. The second-order valence-corrected chi connectivity index (χ2v) is 13.6. The highest BCUT2D eigenvalue weighted by atomic mass is 32.2. The van der Waals surface area contributed by atoms with Crippen LogP contribution in [0.3, 0.4) is 0 Å². The van der Waals surface area contributed by atoms with Gasteiger partial charge in [0.15, 0.2) is 0 Å². The lowest BCUT2D eigenvalue weighted by Crippen LogP contribution is -2.54. The van der Waals surface area contributed by atoms with Gasteiger partial charge in [0.2, 0.25) is 21.8 Å². The minimum Gasteiger partial charge on any atom is -0.489 e. The first-order valence-electron chi connectivity index (χ1n) is 15.7. The number of carbonyl (C=O) groups excluding carboxylic acids is 2. The van der Waals surface area contributed by atoms with Gasteiger partial charge in [0, 0.05) is 19.0 Å². The van der Waals surface area contributed by atoms with E-state index in [0.29, 0.717) is 24.5 Å². The molecule has 1 aliphatic rings. The smallest absolute Gasteiger partial charge is 0.244 e. The summed E-state index contributed by atoms with van der Waals surface area (Å²) in [5.41, 5.74) is 3.09. The molecule has 1 saturated carbocycles. The lowest BCUT2D eigenvalue weighted by molar-refractivity contribution is -0.140. The number of benzene rings is 4. The van der Waals surface area contributed by atoms with Crippen LogP contribution in [0, 0.1) is 0 Å². The molecule has 0 heterocycles. The van der Waals surface area contributed by atoms with E-state index >= 15 is 0 Å². The summed E-state index contributed by atoms with van der Waals surface area (Å²) in [6.07, 6.45) is 5.30. The summed E-state index contributed by atoms with van der Waals surface area (Å²) < 4.78 is 33.2. The second-order valence-electron chi connectivity index (χ2n) is 11.7. The molecule has 0 aliphatic heterocycles. The Hall–Kier alpha value is -4.63. The molecule has 0 unspecified atom stereocenters. The number of rotatable bonds is 14. The van der Waals surface area contributed by atoms with Gasteiger partial charge >= 0.3 is 0 Å². The molecule has 9 heteroatoms. The van der Waals surface area contributed by atoms with E-state index in [4.69, 9.17) is 4.74 Å². The van der Waals surface area contributed by atoms with E-state index < -0.39 is 28.5 Å². The molecular formula is C37H41N3O5S. The molecule has 8 nitrogen and oxygen atoms in total. The largest absolute Gasteiger partial charge is 0.489 e. The van der Waals surface area contributed by atoms with Gasteiger partial charge in [-0.25, -0.2) is 8.42 Å².